The molecule has 0 amide bonds. The van der Waals surface area contributed by atoms with E-state index in [1.54, 1.807) is 6.20 Å². The zero-order valence-corrected chi connectivity index (χ0v) is 12.2. The van der Waals surface area contributed by atoms with Gasteiger partial charge in [0, 0.05) is 37.1 Å². The van der Waals surface area contributed by atoms with Crippen LogP contribution in [0.4, 0.5) is 5.69 Å². The molecule has 2 nitrogen and oxygen atoms in total. The monoisotopic (exact) mass is 273 g/mol. The van der Waals surface area contributed by atoms with Crippen molar-refractivity contribution in [3.8, 4) is 22.4 Å². The molecular weight excluding hydrogens is 256 g/mol. The lowest BCUT2D eigenvalue weighted by Crippen LogP contribution is -2.08. The SMILES string of the molecule is CN(C)c1cccc(-c2ncc[c]c2-c2ccccc2)c1. The minimum atomic E-state index is 0.965. The normalized spacial score (nSPS) is 10.4. The van der Waals surface area contributed by atoms with Crippen molar-refractivity contribution in [2.45, 2.75) is 0 Å². The Labute approximate surface area is 125 Å². The summed E-state index contributed by atoms with van der Waals surface area (Å²) in [4.78, 5) is 6.67. The fraction of sp³-hybridized carbons (Fsp3) is 0.105. The molecular formula is C19H17N2. The highest BCUT2D eigenvalue weighted by molar-refractivity contribution is 5.81. The molecule has 103 valence electrons. The molecule has 21 heavy (non-hydrogen) atoms. The van der Waals surface area contributed by atoms with Crippen LogP contribution in [-0.2, 0) is 0 Å². The lowest BCUT2D eigenvalue weighted by atomic mass is 9.99. The highest BCUT2D eigenvalue weighted by Crippen LogP contribution is 2.31. The average molecular weight is 273 g/mol. The molecule has 1 radical (unpaired) electrons. The Kier molecular flexibility index (Phi) is 3.69. The van der Waals surface area contributed by atoms with Crippen LogP contribution in [0.3, 0.4) is 0 Å². The maximum Gasteiger partial charge on any atom is 0.0787 e. The Balaban J connectivity index is 2.14. The predicted molar refractivity (Wildman–Crippen MR) is 88.3 cm³/mol. The second-order valence-electron chi connectivity index (χ2n) is 5.12. The Morgan fingerprint density at radius 2 is 1.67 bits per heavy atom. The van der Waals surface area contributed by atoms with Crippen molar-refractivity contribution in [3.63, 3.8) is 0 Å². The number of rotatable bonds is 3. The van der Waals surface area contributed by atoms with Gasteiger partial charge < -0.3 is 4.90 Å². The standard InChI is InChI=1S/C19H17N2/c1-21(2)17-11-6-10-16(14-17)19-18(12-7-13-20-19)15-8-4-3-5-9-15/h3-11,13-14H,1-2H3. The fourth-order valence-corrected chi connectivity index (χ4v) is 2.34. The Morgan fingerprint density at radius 3 is 2.43 bits per heavy atom. The first-order valence-corrected chi connectivity index (χ1v) is 6.95. The molecule has 0 saturated carbocycles. The van der Waals surface area contributed by atoms with E-state index in [0.29, 0.717) is 0 Å². The molecule has 0 fully saturated rings. The molecule has 3 aromatic rings. The lowest BCUT2D eigenvalue weighted by Gasteiger charge is -2.14. The van der Waals surface area contributed by atoms with E-state index in [2.05, 4.69) is 52.3 Å². The van der Waals surface area contributed by atoms with Gasteiger partial charge in [-0.05, 0) is 29.8 Å². The smallest absolute Gasteiger partial charge is 0.0787 e. The Bertz CT molecular complexity index is 733. The molecule has 0 aliphatic rings. The molecule has 0 aliphatic heterocycles. The molecule has 2 heteroatoms. The van der Waals surface area contributed by atoms with Gasteiger partial charge in [-0.25, -0.2) is 0 Å². The Morgan fingerprint density at radius 1 is 0.905 bits per heavy atom. The van der Waals surface area contributed by atoms with Gasteiger partial charge in [-0.2, -0.15) is 0 Å². The molecule has 0 aliphatic carbocycles. The fourth-order valence-electron chi connectivity index (χ4n) is 2.34. The summed E-state index contributed by atoms with van der Waals surface area (Å²) in [5.41, 5.74) is 5.41. The second-order valence-corrected chi connectivity index (χ2v) is 5.12. The third-order valence-corrected chi connectivity index (χ3v) is 3.44. The van der Waals surface area contributed by atoms with Crippen molar-refractivity contribution in [1.82, 2.24) is 4.98 Å². The quantitative estimate of drug-likeness (QED) is 0.708. The molecule has 0 atom stereocenters. The van der Waals surface area contributed by atoms with Crippen molar-refractivity contribution in [1.29, 1.82) is 0 Å². The van der Waals surface area contributed by atoms with Gasteiger partial charge in [0.25, 0.3) is 0 Å². The second kappa shape index (κ2) is 5.80. The van der Waals surface area contributed by atoms with Crippen LogP contribution < -0.4 is 4.90 Å². The molecule has 0 bridgehead atoms. The summed E-state index contributed by atoms with van der Waals surface area (Å²) in [6, 6.07) is 23.9. The zero-order valence-electron chi connectivity index (χ0n) is 12.2. The van der Waals surface area contributed by atoms with Crippen LogP contribution in [0.25, 0.3) is 22.4 Å². The van der Waals surface area contributed by atoms with Crippen LogP contribution in [0.1, 0.15) is 0 Å². The molecule has 3 rings (SSSR count). The van der Waals surface area contributed by atoms with Crippen molar-refractivity contribution >= 4 is 5.69 Å². The number of nitrogens with zero attached hydrogens (tertiary/aromatic N) is 2. The van der Waals surface area contributed by atoms with Crippen molar-refractivity contribution in [2.24, 2.45) is 0 Å². The summed E-state index contributed by atoms with van der Waals surface area (Å²) >= 11 is 0. The number of aromatic nitrogens is 1. The van der Waals surface area contributed by atoms with Gasteiger partial charge in [-0.15, -0.1) is 0 Å². The van der Waals surface area contributed by atoms with Gasteiger partial charge in [0.2, 0.25) is 0 Å². The minimum absolute atomic E-state index is 0.965. The van der Waals surface area contributed by atoms with E-state index >= 15 is 0 Å². The van der Waals surface area contributed by atoms with Crippen LogP contribution in [0.15, 0.2) is 66.9 Å². The summed E-state index contributed by atoms with van der Waals surface area (Å²) < 4.78 is 0. The van der Waals surface area contributed by atoms with E-state index in [1.807, 2.05) is 38.4 Å². The number of hydrogen-bond donors (Lipinski definition) is 0. The van der Waals surface area contributed by atoms with E-state index < -0.39 is 0 Å². The summed E-state index contributed by atoms with van der Waals surface area (Å²) in [6.07, 6.45) is 1.80. The maximum absolute atomic E-state index is 4.58. The van der Waals surface area contributed by atoms with Gasteiger partial charge in [-0.1, -0.05) is 42.5 Å². The van der Waals surface area contributed by atoms with Crippen LogP contribution in [0, 0.1) is 6.07 Å². The van der Waals surface area contributed by atoms with E-state index in [4.69, 9.17) is 0 Å². The molecule has 0 N–H and O–H groups in total. The van der Waals surface area contributed by atoms with Crippen LogP contribution >= 0.6 is 0 Å². The van der Waals surface area contributed by atoms with Gasteiger partial charge in [0.15, 0.2) is 0 Å². The van der Waals surface area contributed by atoms with Crippen LogP contribution in [0.2, 0.25) is 0 Å². The van der Waals surface area contributed by atoms with Gasteiger partial charge >= 0.3 is 0 Å². The Hall–Kier alpha value is -2.61. The first-order chi connectivity index (χ1) is 10.3. The van der Waals surface area contributed by atoms with E-state index in [9.17, 15) is 0 Å². The average Bonchev–Trinajstić information content (AvgIpc) is 2.56. The van der Waals surface area contributed by atoms with E-state index in [-0.39, 0.29) is 0 Å². The molecule has 2 aromatic carbocycles. The topological polar surface area (TPSA) is 16.1 Å². The number of hydrogen-bond acceptors (Lipinski definition) is 2. The van der Waals surface area contributed by atoms with Crippen molar-refractivity contribution in [2.75, 3.05) is 19.0 Å². The summed E-state index contributed by atoms with van der Waals surface area (Å²) in [5, 5.41) is 0. The number of anilines is 1. The molecule has 0 spiro atoms. The molecule has 1 aromatic heterocycles. The first-order valence-electron chi connectivity index (χ1n) is 6.95. The van der Waals surface area contributed by atoms with Crippen LogP contribution in [-0.4, -0.2) is 19.1 Å². The lowest BCUT2D eigenvalue weighted by molar-refractivity contribution is 1.13. The largest absolute Gasteiger partial charge is 0.378 e. The highest BCUT2D eigenvalue weighted by atomic mass is 15.1. The molecule has 0 unspecified atom stereocenters. The summed E-state index contributed by atoms with van der Waals surface area (Å²) in [7, 11) is 4.09. The highest BCUT2D eigenvalue weighted by Gasteiger charge is 2.09. The molecule has 1 heterocycles. The summed E-state index contributed by atoms with van der Waals surface area (Å²) in [6.45, 7) is 0. The van der Waals surface area contributed by atoms with Crippen molar-refractivity contribution < 1.29 is 0 Å². The molecule has 0 saturated heterocycles. The predicted octanol–water partition coefficient (Wildman–Crippen LogP) is 4.28. The zero-order chi connectivity index (χ0) is 14.7. The van der Waals surface area contributed by atoms with Gasteiger partial charge in [-0.3, -0.25) is 4.98 Å². The number of pyridine rings is 1. The summed E-state index contributed by atoms with van der Waals surface area (Å²) in [5.74, 6) is 0. The first kappa shape index (κ1) is 13.4. The van der Waals surface area contributed by atoms with Crippen molar-refractivity contribution in [3.05, 3.63) is 72.9 Å². The third-order valence-electron chi connectivity index (χ3n) is 3.44. The number of benzene rings is 2. The van der Waals surface area contributed by atoms with Gasteiger partial charge in [0.05, 0.1) is 5.69 Å². The third kappa shape index (κ3) is 2.79. The van der Waals surface area contributed by atoms with Gasteiger partial charge in [0.1, 0.15) is 0 Å². The minimum Gasteiger partial charge on any atom is -0.378 e. The maximum atomic E-state index is 4.58. The van der Waals surface area contributed by atoms with E-state index in [0.717, 1.165) is 28.1 Å². The van der Waals surface area contributed by atoms with E-state index in [1.165, 1.54) is 0 Å². The van der Waals surface area contributed by atoms with Crippen LogP contribution in [0.5, 0.6) is 0 Å².